The van der Waals surface area contributed by atoms with Gasteiger partial charge in [0.1, 0.15) is 6.04 Å². The zero-order valence-electron chi connectivity index (χ0n) is 10.9. The molecule has 0 saturated carbocycles. The van der Waals surface area contributed by atoms with Crippen LogP contribution in [-0.2, 0) is 14.8 Å². The molecule has 112 valence electrons. The lowest BCUT2D eigenvalue weighted by molar-refractivity contribution is -0.139. The molecule has 0 fully saturated rings. The Morgan fingerprint density at radius 1 is 1.45 bits per heavy atom. The van der Waals surface area contributed by atoms with Crippen molar-refractivity contribution in [2.75, 3.05) is 0 Å². The molecule has 0 aromatic heterocycles. The van der Waals surface area contributed by atoms with Gasteiger partial charge in [-0.3, -0.25) is 4.79 Å². The lowest BCUT2D eigenvalue weighted by Gasteiger charge is -2.17. The number of nitrogens with one attached hydrogen (secondary N) is 1. The van der Waals surface area contributed by atoms with E-state index in [0.29, 0.717) is 5.02 Å². The molecule has 1 aromatic rings. The van der Waals surface area contributed by atoms with Gasteiger partial charge in [0.25, 0.3) is 0 Å². The average molecular weight is 385 g/mol. The summed E-state index contributed by atoms with van der Waals surface area (Å²) >= 11 is 8.86. The van der Waals surface area contributed by atoms with Crippen molar-refractivity contribution in [1.82, 2.24) is 4.72 Å². The van der Waals surface area contributed by atoms with Crippen LogP contribution in [0, 0.1) is 5.92 Å². The van der Waals surface area contributed by atoms with Crippen molar-refractivity contribution in [3.05, 3.63) is 27.7 Å². The lowest BCUT2D eigenvalue weighted by Crippen LogP contribution is -2.41. The standard InChI is InChI=1S/C12H15BrClNO4S/c1-7(2)5-10(12(16)17)15-20(18,19)11-4-3-8(14)6-9(11)13/h3-4,6-7,10,15H,5H2,1-2H3,(H,16,17)/t10-/m0/s1. The van der Waals surface area contributed by atoms with Gasteiger partial charge >= 0.3 is 5.97 Å². The molecule has 20 heavy (non-hydrogen) atoms. The minimum absolute atomic E-state index is 0.0445. The van der Waals surface area contributed by atoms with Gasteiger partial charge in [0.2, 0.25) is 10.0 Å². The van der Waals surface area contributed by atoms with Crippen molar-refractivity contribution in [2.24, 2.45) is 5.92 Å². The summed E-state index contributed by atoms with van der Waals surface area (Å²) in [6.45, 7) is 3.64. The number of aliphatic carboxylic acids is 1. The van der Waals surface area contributed by atoms with E-state index in [0.717, 1.165) is 0 Å². The highest BCUT2D eigenvalue weighted by Crippen LogP contribution is 2.25. The van der Waals surface area contributed by atoms with Gasteiger partial charge in [-0.15, -0.1) is 0 Å². The average Bonchev–Trinajstić information content (AvgIpc) is 2.26. The van der Waals surface area contributed by atoms with E-state index in [1.54, 1.807) is 0 Å². The normalized spacial score (nSPS) is 13.4. The van der Waals surface area contributed by atoms with E-state index in [1.807, 2.05) is 13.8 Å². The van der Waals surface area contributed by atoms with E-state index < -0.39 is 22.0 Å². The van der Waals surface area contributed by atoms with E-state index in [9.17, 15) is 13.2 Å². The summed E-state index contributed by atoms with van der Waals surface area (Å²) in [6, 6.07) is 3.03. The number of sulfonamides is 1. The van der Waals surface area contributed by atoms with Crippen LogP contribution in [0.2, 0.25) is 5.02 Å². The third-order valence-electron chi connectivity index (χ3n) is 2.49. The van der Waals surface area contributed by atoms with Gasteiger partial charge in [0.05, 0.1) is 4.90 Å². The van der Waals surface area contributed by atoms with Gasteiger partial charge in [-0.05, 0) is 46.5 Å². The van der Waals surface area contributed by atoms with Gasteiger partial charge in [-0.2, -0.15) is 4.72 Å². The highest BCUT2D eigenvalue weighted by atomic mass is 79.9. The first-order valence-corrected chi connectivity index (χ1v) is 8.49. The number of carbonyl (C=O) groups is 1. The molecule has 8 heteroatoms. The molecular weight excluding hydrogens is 370 g/mol. The topological polar surface area (TPSA) is 83.5 Å². The van der Waals surface area contributed by atoms with Gasteiger partial charge in [0.15, 0.2) is 0 Å². The SMILES string of the molecule is CC(C)C[C@H](NS(=O)(=O)c1ccc(Cl)cc1Br)C(=O)O. The number of halogens is 2. The molecule has 0 aliphatic carbocycles. The summed E-state index contributed by atoms with van der Waals surface area (Å²) < 4.78 is 26.9. The maximum absolute atomic E-state index is 12.2. The zero-order valence-corrected chi connectivity index (χ0v) is 14.1. The molecule has 5 nitrogen and oxygen atoms in total. The maximum Gasteiger partial charge on any atom is 0.321 e. The van der Waals surface area contributed by atoms with Crippen LogP contribution in [0.3, 0.4) is 0 Å². The molecule has 1 atom stereocenters. The number of hydrogen-bond donors (Lipinski definition) is 2. The Labute approximate surface area is 131 Å². The van der Waals surface area contributed by atoms with Crippen LogP contribution in [0.25, 0.3) is 0 Å². The molecular formula is C12H15BrClNO4S. The summed E-state index contributed by atoms with van der Waals surface area (Å²) in [6.07, 6.45) is 0.208. The predicted molar refractivity (Wildman–Crippen MR) is 80.4 cm³/mol. The Hall–Kier alpha value is -0.630. The Morgan fingerprint density at radius 3 is 2.50 bits per heavy atom. The van der Waals surface area contributed by atoms with Crippen LogP contribution in [0.15, 0.2) is 27.6 Å². The predicted octanol–water partition coefficient (Wildman–Crippen LogP) is 2.88. The second-order valence-corrected chi connectivity index (χ2v) is 7.69. The molecule has 0 unspecified atom stereocenters. The molecule has 1 aromatic carbocycles. The summed E-state index contributed by atoms with van der Waals surface area (Å²) in [4.78, 5) is 11.1. The first-order valence-electron chi connectivity index (χ1n) is 5.83. The fourth-order valence-electron chi connectivity index (χ4n) is 1.61. The number of benzene rings is 1. The van der Waals surface area contributed by atoms with Crippen LogP contribution in [0.5, 0.6) is 0 Å². The monoisotopic (exact) mass is 383 g/mol. The van der Waals surface area contributed by atoms with E-state index in [4.69, 9.17) is 16.7 Å². The minimum Gasteiger partial charge on any atom is -0.480 e. The lowest BCUT2D eigenvalue weighted by atomic mass is 10.1. The maximum atomic E-state index is 12.2. The van der Waals surface area contributed by atoms with Crippen molar-refractivity contribution < 1.29 is 18.3 Å². The molecule has 0 aliphatic heterocycles. The van der Waals surface area contributed by atoms with Crippen LogP contribution in [0.4, 0.5) is 0 Å². The molecule has 0 heterocycles. The molecule has 0 bridgehead atoms. The Morgan fingerprint density at radius 2 is 2.05 bits per heavy atom. The summed E-state index contributed by atoms with van der Waals surface area (Å²) in [7, 11) is -3.93. The highest BCUT2D eigenvalue weighted by molar-refractivity contribution is 9.10. The number of carboxylic acid groups (broad SMARTS) is 1. The fourth-order valence-corrected chi connectivity index (χ4v) is 4.20. The third-order valence-corrected chi connectivity index (χ3v) is 5.17. The number of rotatable bonds is 6. The number of carboxylic acids is 1. The van der Waals surface area contributed by atoms with Crippen molar-refractivity contribution >= 4 is 43.5 Å². The van der Waals surface area contributed by atoms with E-state index in [-0.39, 0.29) is 21.7 Å². The Bertz CT molecular complexity index is 603. The summed E-state index contributed by atoms with van der Waals surface area (Å²) in [5.41, 5.74) is 0. The molecule has 0 radical (unpaired) electrons. The summed E-state index contributed by atoms with van der Waals surface area (Å²) in [5.74, 6) is -1.15. The third kappa shape index (κ3) is 4.73. The first-order chi connectivity index (χ1) is 9.13. The van der Waals surface area contributed by atoms with Crippen LogP contribution >= 0.6 is 27.5 Å². The van der Waals surface area contributed by atoms with Crippen molar-refractivity contribution in [3.63, 3.8) is 0 Å². The van der Waals surface area contributed by atoms with Gasteiger partial charge in [0, 0.05) is 9.50 Å². The first kappa shape index (κ1) is 17.4. The molecule has 0 amide bonds. The Balaban J connectivity index is 3.06. The van der Waals surface area contributed by atoms with Gasteiger partial charge in [-0.25, -0.2) is 8.42 Å². The van der Waals surface area contributed by atoms with Crippen molar-refractivity contribution in [3.8, 4) is 0 Å². The van der Waals surface area contributed by atoms with Crippen LogP contribution in [0.1, 0.15) is 20.3 Å². The quantitative estimate of drug-likeness (QED) is 0.790. The van der Waals surface area contributed by atoms with Gasteiger partial charge in [-0.1, -0.05) is 25.4 Å². The number of hydrogen-bond acceptors (Lipinski definition) is 3. The molecule has 0 saturated heterocycles. The highest BCUT2D eigenvalue weighted by Gasteiger charge is 2.27. The van der Waals surface area contributed by atoms with E-state index >= 15 is 0 Å². The smallest absolute Gasteiger partial charge is 0.321 e. The zero-order chi connectivity index (χ0) is 15.5. The van der Waals surface area contributed by atoms with Crippen molar-refractivity contribution in [1.29, 1.82) is 0 Å². The Kier molecular flexibility index (Phi) is 6.00. The van der Waals surface area contributed by atoms with Gasteiger partial charge < -0.3 is 5.11 Å². The largest absolute Gasteiger partial charge is 0.480 e. The molecule has 1 rings (SSSR count). The molecule has 0 spiro atoms. The van der Waals surface area contributed by atoms with Crippen LogP contribution < -0.4 is 4.72 Å². The van der Waals surface area contributed by atoms with E-state index in [1.165, 1.54) is 18.2 Å². The van der Waals surface area contributed by atoms with Crippen LogP contribution in [-0.4, -0.2) is 25.5 Å². The molecule has 0 aliphatic rings. The molecule has 2 N–H and O–H groups in total. The second-order valence-electron chi connectivity index (χ2n) is 4.72. The fraction of sp³-hybridized carbons (Fsp3) is 0.417. The second kappa shape index (κ2) is 6.89. The van der Waals surface area contributed by atoms with E-state index in [2.05, 4.69) is 20.7 Å². The van der Waals surface area contributed by atoms with Crippen molar-refractivity contribution in [2.45, 2.75) is 31.2 Å². The minimum atomic E-state index is -3.93. The summed E-state index contributed by atoms with van der Waals surface area (Å²) in [5, 5.41) is 9.47.